The zero-order valence-corrected chi connectivity index (χ0v) is 20.7. The van der Waals surface area contributed by atoms with Gasteiger partial charge in [-0.1, -0.05) is 12.1 Å². The van der Waals surface area contributed by atoms with Gasteiger partial charge < -0.3 is 20.2 Å². The van der Waals surface area contributed by atoms with Gasteiger partial charge in [0.1, 0.15) is 5.69 Å². The van der Waals surface area contributed by atoms with Crippen LogP contribution in [0.4, 0.5) is 0 Å². The monoisotopic (exact) mass is 499 g/mol. The average molecular weight is 500 g/mol. The molecule has 1 unspecified atom stereocenters. The molecule has 0 saturated heterocycles. The van der Waals surface area contributed by atoms with Gasteiger partial charge in [-0.2, -0.15) is 16.9 Å². The molecule has 4 N–H and O–H groups in total. The predicted octanol–water partition coefficient (Wildman–Crippen LogP) is 3.27. The van der Waals surface area contributed by atoms with Crippen LogP contribution in [0.5, 0.6) is 0 Å². The molecule has 0 bridgehead atoms. The zero-order valence-electron chi connectivity index (χ0n) is 19.9. The van der Waals surface area contributed by atoms with Crippen molar-refractivity contribution >= 4 is 29.5 Å². The van der Waals surface area contributed by atoms with E-state index in [0.29, 0.717) is 29.3 Å². The van der Waals surface area contributed by atoms with Crippen LogP contribution in [0.1, 0.15) is 47.2 Å². The Labute approximate surface area is 207 Å². The maximum absolute atomic E-state index is 12.3. The Balaban J connectivity index is 0.000000371. The maximum atomic E-state index is 12.3. The standard InChI is InChI=1S/C19H19N5O3.C5H10O2S/c1-10(11-5-6-11)22-18(26)15-8-14(23-24-15)12-3-2-4-13(7-12)19-21-9-16(27-19)17(20)25;1-7-5(6)3-4-8-2/h2-4,7-11H,5-6H2,1H3,(H2,20,25)(H,22,26)(H,23,24);3-4H2,1-2H3. The average Bonchev–Trinajstić information content (AvgIpc) is 3.38. The van der Waals surface area contributed by atoms with Crippen LogP contribution < -0.4 is 11.1 Å². The molecule has 2 aromatic heterocycles. The minimum absolute atomic E-state index is 0.00101. The number of carbonyl (C=O) groups is 3. The maximum Gasteiger partial charge on any atom is 0.306 e. The number of nitrogens with two attached hydrogens (primary N) is 1. The summed E-state index contributed by atoms with van der Waals surface area (Å²) < 4.78 is 9.76. The second-order valence-electron chi connectivity index (χ2n) is 8.06. The molecule has 0 radical (unpaired) electrons. The summed E-state index contributed by atoms with van der Waals surface area (Å²) >= 11 is 1.64. The Morgan fingerprint density at radius 3 is 2.66 bits per heavy atom. The van der Waals surface area contributed by atoms with E-state index < -0.39 is 5.91 Å². The van der Waals surface area contributed by atoms with Crippen LogP contribution in [-0.4, -0.2) is 58.1 Å². The molecule has 0 aliphatic heterocycles. The molecule has 0 spiro atoms. The molecular formula is C24H29N5O5S. The molecule has 1 aromatic carbocycles. The van der Waals surface area contributed by atoms with Crippen molar-refractivity contribution in [2.24, 2.45) is 11.7 Å². The number of H-pyrrole nitrogens is 1. The van der Waals surface area contributed by atoms with E-state index in [4.69, 9.17) is 10.2 Å². The van der Waals surface area contributed by atoms with Crippen LogP contribution in [0.2, 0.25) is 0 Å². The highest BCUT2D eigenvalue weighted by Crippen LogP contribution is 2.32. The molecule has 2 amide bonds. The minimum Gasteiger partial charge on any atom is -0.469 e. The van der Waals surface area contributed by atoms with Gasteiger partial charge in [0.25, 0.3) is 11.8 Å². The number of oxazole rings is 1. The zero-order chi connectivity index (χ0) is 25.4. The number of hydrogen-bond donors (Lipinski definition) is 3. The lowest BCUT2D eigenvalue weighted by Crippen LogP contribution is -2.34. The van der Waals surface area contributed by atoms with Gasteiger partial charge in [-0.05, 0) is 50.1 Å². The van der Waals surface area contributed by atoms with Gasteiger partial charge in [0.15, 0.2) is 0 Å². The van der Waals surface area contributed by atoms with Gasteiger partial charge in [-0.25, -0.2) is 4.98 Å². The van der Waals surface area contributed by atoms with Gasteiger partial charge >= 0.3 is 5.97 Å². The van der Waals surface area contributed by atoms with Crippen LogP contribution in [0.15, 0.2) is 40.9 Å². The summed E-state index contributed by atoms with van der Waals surface area (Å²) in [5.74, 6) is 0.762. The molecule has 10 nitrogen and oxygen atoms in total. The number of rotatable bonds is 9. The Morgan fingerprint density at radius 1 is 1.29 bits per heavy atom. The molecule has 35 heavy (non-hydrogen) atoms. The van der Waals surface area contributed by atoms with Crippen LogP contribution in [-0.2, 0) is 9.53 Å². The third-order valence-corrected chi connectivity index (χ3v) is 6.01. The summed E-state index contributed by atoms with van der Waals surface area (Å²) in [6.45, 7) is 2.02. The Hall–Kier alpha value is -3.60. The van der Waals surface area contributed by atoms with Gasteiger partial charge in [-0.3, -0.25) is 19.5 Å². The summed E-state index contributed by atoms with van der Waals surface area (Å²) in [5, 5.41) is 10.0. The van der Waals surface area contributed by atoms with E-state index in [9.17, 15) is 14.4 Å². The molecule has 3 aromatic rings. The fraction of sp³-hybridized carbons (Fsp3) is 0.375. The third-order valence-electron chi connectivity index (χ3n) is 5.40. The van der Waals surface area contributed by atoms with Gasteiger partial charge in [0, 0.05) is 22.9 Å². The first-order chi connectivity index (χ1) is 16.8. The van der Waals surface area contributed by atoms with Crippen molar-refractivity contribution < 1.29 is 23.5 Å². The van der Waals surface area contributed by atoms with E-state index >= 15 is 0 Å². The SMILES string of the molecule is CC(NC(=O)c1cc(-c2cccc(-c3ncc(C(N)=O)o3)c2)n[nH]1)C1CC1.COC(=O)CCSC. The molecule has 4 rings (SSSR count). The lowest BCUT2D eigenvalue weighted by molar-refractivity contribution is -0.140. The number of ether oxygens (including phenoxy) is 1. The number of esters is 1. The molecule has 1 fully saturated rings. The molecule has 2 heterocycles. The van der Waals surface area contributed by atoms with Gasteiger partial charge in [-0.15, -0.1) is 0 Å². The van der Waals surface area contributed by atoms with Crippen molar-refractivity contribution in [2.75, 3.05) is 19.1 Å². The van der Waals surface area contributed by atoms with Crippen molar-refractivity contribution in [3.63, 3.8) is 0 Å². The largest absolute Gasteiger partial charge is 0.469 e. The Kier molecular flexibility index (Phi) is 9.07. The summed E-state index contributed by atoms with van der Waals surface area (Å²) in [6.07, 6.45) is 6.12. The molecular weight excluding hydrogens is 470 g/mol. The highest BCUT2D eigenvalue weighted by molar-refractivity contribution is 7.98. The highest BCUT2D eigenvalue weighted by atomic mass is 32.2. The topological polar surface area (TPSA) is 153 Å². The van der Waals surface area contributed by atoms with E-state index in [1.165, 1.54) is 26.1 Å². The Bertz CT molecular complexity index is 1170. The quantitative estimate of drug-likeness (QED) is 0.379. The first-order valence-electron chi connectivity index (χ1n) is 11.1. The number of hydrogen-bond acceptors (Lipinski definition) is 8. The van der Waals surface area contributed by atoms with Crippen molar-refractivity contribution in [3.8, 4) is 22.7 Å². The third kappa shape index (κ3) is 7.44. The number of thioether (sulfide) groups is 1. The van der Waals surface area contributed by atoms with Gasteiger partial charge in [0.2, 0.25) is 11.7 Å². The van der Waals surface area contributed by atoms with E-state index in [1.807, 2.05) is 31.4 Å². The van der Waals surface area contributed by atoms with Gasteiger partial charge in [0.05, 0.1) is 25.4 Å². The number of nitrogens with zero attached hydrogens (tertiary/aromatic N) is 2. The smallest absolute Gasteiger partial charge is 0.306 e. The number of nitrogens with one attached hydrogen (secondary N) is 2. The molecule has 1 aliphatic rings. The molecule has 11 heteroatoms. The first kappa shape index (κ1) is 26.0. The fourth-order valence-electron chi connectivity index (χ4n) is 3.21. The lowest BCUT2D eigenvalue weighted by atomic mass is 10.1. The van der Waals surface area contributed by atoms with E-state index in [0.717, 1.165) is 11.3 Å². The molecule has 1 aliphatic carbocycles. The summed E-state index contributed by atoms with van der Waals surface area (Å²) in [4.78, 5) is 37.9. The summed E-state index contributed by atoms with van der Waals surface area (Å²) in [7, 11) is 1.41. The number of aromatic amines is 1. The van der Waals surface area contributed by atoms with Crippen LogP contribution in [0.3, 0.4) is 0 Å². The van der Waals surface area contributed by atoms with E-state index in [-0.39, 0.29) is 29.6 Å². The van der Waals surface area contributed by atoms with Crippen molar-refractivity contribution in [2.45, 2.75) is 32.2 Å². The number of carbonyl (C=O) groups excluding carboxylic acids is 3. The molecule has 1 saturated carbocycles. The number of benzene rings is 1. The van der Waals surface area contributed by atoms with Crippen LogP contribution in [0, 0.1) is 5.92 Å². The van der Waals surface area contributed by atoms with Crippen LogP contribution in [0.25, 0.3) is 22.7 Å². The molecule has 186 valence electrons. The number of amides is 2. The van der Waals surface area contributed by atoms with E-state index in [2.05, 4.69) is 25.2 Å². The van der Waals surface area contributed by atoms with E-state index in [1.54, 1.807) is 23.9 Å². The summed E-state index contributed by atoms with van der Waals surface area (Å²) in [5.41, 5.74) is 7.69. The number of primary amides is 1. The lowest BCUT2D eigenvalue weighted by Gasteiger charge is -2.11. The summed E-state index contributed by atoms with van der Waals surface area (Å²) in [6, 6.07) is 9.18. The highest BCUT2D eigenvalue weighted by Gasteiger charge is 2.29. The number of aromatic nitrogens is 3. The normalized spacial score (nSPS) is 13.3. The Morgan fingerprint density at radius 2 is 2.03 bits per heavy atom. The predicted molar refractivity (Wildman–Crippen MR) is 133 cm³/mol. The van der Waals surface area contributed by atoms with Crippen molar-refractivity contribution in [1.82, 2.24) is 20.5 Å². The van der Waals surface area contributed by atoms with Crippen LogP contribution >= 0.6 is 11.8 Å². The first-order valence-corrected chi connectivity index (χ1v) is 12.5. The minimum atomic E-state index is -0.673. The van der Waals surface area contributed by atoms with Crippen molar-refractivity contribution in [1.29, 1.82) is 0 Å². The number of methoxy groups -OCH3 is 1. The second kappa shape index (κ2) is 12.2. The second-order valence-corrected chi connectivity index (χ2v) is 9.05. The fourth-order valence-corrected chi connectivity index (χ4v) is 3.58. The van der Waals surface area contributed by atoms with Crippen molar-refractivity contribution in [3.05, 3.63) is 48.0 Å². The molecule has 1 atom stereocenters.